The van der Waals surface area contributed by atoms with Crippen LogP contribution in [0.4, 0.5) is 4.79 Å². The van der Waals surface area contributed by atoms with Gasteiger partial charge in [-0.15, -0.1) is 0 Å². The van der Waals surface area contributed by atoms with Crippen LogP contribution in [0.25, 0.3) is 0 Å². The van der Waals surface area contributed by atoms with Crippen molar-refractivity contribution in [1.82, 2.24) is 14.9 Å². The largest absolute Gasteiger partial charge is 0.496 e. The molecule has 0 radical (unpaired) electrons. The maximum absolute atomic E-state index is 13.0. The standard InChI is InChI=1S/C16H18N4O5S/c1-16(14(21)18-15(22)19-16)12-9-11(5-6-13(12)25-2)26(23,24)20(8-7-17)10-3-4-10/h5-6,9-10H,3-4,8H2,1-2H3,(H2,18,19,21,22)/t16-/m0/s1. The number of benzene rings is 1. The number of nitrogens with one attached hydrogen (secondary N) is 2. The molecule has 2 fully saturated rings. The molecule has 26 heavy (non-hydrogen) atoms. The molecule has 1 aliphatic carbocycles. The number of rotatable bonds is 6. The lowest BCUT2D eigenvalue weighted by Gasteiger charge is -2.25. The van der Waals surface area contributed by atoms with Crippen molar-refractivity contribution < 1.29 is 22.7 Å². The lowest BCUT2D eigenvalue weighted by Crippen LogP contribution is -2.41. The smallest absolute Gasteiger partial charge is 0.322 e. The van der Waals surface area contributed by atoms with Crippen LogP contribution in [-0.2, 0) is 20.4 Å². The van der Waals surface area contributed by atoms with Crippen molar-refractivity contribution in [2.24, 2.45) is 0 Å². The van der Waals surface area contributed by atoms with Gasteiger partial charge in [0.1, 0.15) is 17.8 Å². The second kappa shape index (κ2) is 6.26. The van der Waals surface area contributed by atoms with E-state index >= 15 is 0 Å². The first-order valence-corrected chi connectivity index (χ1v) is 9.39. The molecule has 1 aliphatic heterocycles. The highest BCUT2D eigenvalue weighted by Gasteiger charge is 2.46. The molecule has 1 aromatic carbocycles. The fourth-order valence-corrected chi connectivity index (χ4v) is 4.56. The fraction of sp³-hybridized carbons (Fsp3) is 0.438. The summed E-state index contributed by atoms with van der Waals surface area (Å²) in [6.45, 7) is 1.22. The monoisotopic (exact) mass is 378 g/mol. The molecule has 1 atom stereocenters. The van der Waals surface area contributed by atoms with E-state index < -0.39 is 27.5 Å². The van der Waals surface area contributed by atoms with E-state index in [4.69, 9.17) is 10.00 Å². The SMILES string of the molecule is COc1ccc(S(=O)(=O)N(CC#N)C2CC2)cc1[C@]1(C)NC(=O)NC1=O. The third-order valence-electron chi connectivity index (χ3n) is 4.54. The maximum atomic E-state index is 13.0. The first kappa shape index (κ1) is 18.2. The Morgan fingerprint density at radius 1 is 1.38 bits per heavy atom. The van der Waals surface area contributed by atoms with Gasteiger partial charge >= 0.3 is 6.03 Å². The number of hydrogen-bond donors (Lipinski definition) is 2. The van der Waals surface area contributed by atoms with Crippen molar-refractivity contribution in [3.8, 4) is 11.8 Å². The highest BCUT2D eigenvalue weighted by molar-refractivity contribution is 7.89. The van der Waals surface area contributed by atoms with Crippen LogP contribution >= 0.6 is 0 Å². The second-order valence-electron chi connectivity index (χ2n) is 6.33. The molecule has 0 bridgehead atoms. The van der Waals surface area contributed by atoms with Crippen LogP contribution < -0.4 is 15.4 Å². The Labute approximate surface area is 151 Å². The van der Waals surface area contributed by atoms with E-state index in [1.165, 1.54) is 32.2 Å². The Hall–Kier alpha value is -2.64. The van der Waals surface area contributed by atoms with Crippen LogP contribution in [0.5, 0.6) is 5.75 Å². The lowest BCUT2D eigenvalue weighted by atomic mass is 9.91. The normalized spacial score (nSPS) is 22.7. The van der Waals surface area contributed by atoms with E-state index in [2.05, 4.69) is 10.6 Å². The number of hydrogen-bond acceptors (Lipinski definition) is 6. The minimum absolute atomic E-state index is 0.0642. The zero-order valence-corrected chi connectivity index (χ0v) is 15.1. The predicted octanol–water partition coefficient (Wildman–Crippen LogP) is 0.426. The van der Waals surface area contributed by atoms with Gasteiger partial charge in [-0.1, -0.05) is 0 Å². The molecule has 0 unspecified atom stereocenters. The molecule has 1 aromatic rings. The van der Waals surface area contributed by atoms with Crippen molar-refractivity contribution in [2.45, 2.75) is 36.2 Å². The van der Waals surface area contributed by atoms with E-state index in [9.17, 15) is 18.0 Å². The van der Waals surface area contributed by atoms with Gasteiger partial charge < -0.3 is 10.1 Å². The van der Waals surface area contributed by atoms with Gasteiger partial charge in [0.25, 0.3) is 5.91 Å². The summed E-state index contributed by atoms with van der Waals surface area (Å²) >= 11 is 0. The molecule has 1 saturated heterocycles. The molecule has 2 N–H and O–H groups in total. The molecule has 3 rings (SSSR count). The van der Waals surface area contributed by atoms with Gasteiger partial charge in [0.15, 0.2) is 0 Å². The minimum atomic E-state index is -3.92. The molecule has 9 nitrogen and oxygen atoms in total. The molecule has 0 spiro atoms. The van der Waals surface area contributed by atoms with Crippen molar-refractivity contribution in [3.05, 3.63) is 23.8 Å². The van der Waals surface area contributed by atoms with Gasteiger partial charge in [-0.2, -0.15) is 9.57 Å². The number of amides is 3. The van der Waals surface area contributed by atoms with Crippen molar-refractivity contribution >= 4 is 22.0 Å². The summed E-state index contributed by atoms with van der Waals surface area (Å²) < 4.78 is 32.3. The van der Waals surface area contributed by atoms with Gasteiger partial charge in [-0.25, -0.2) is 13.2 Å². The zero-order chi connectivity index (χ0) is 19.1. The summed E-state index contributed by atoms with van der Waals surface area (Å²) in [7, 11) is -2.54. The zero-order valence-electron chi connectivity index (χ0n) is 14.3. The summed E-state index contributed by atoms with van der Waals surface area (Å²) in [5.41, 5.74) is -1.25. The summed E-state index contributed by atoms with van der Waals surface area (Å²) in [4.78, 5) is 23.7. The molecule has 3 amide bonds. The van der Waals surface area contributed by atoms with Crippen LogP contribution in [0.2, 0.25) is 0 Å². The van der Waals surface area contributed by atoms with Gasteiger partial charge in [0, 0.05) is 11.6 Å². The highest BCUT2D eigenvalue weighted by atomic mass is 32.2. The van der Waals surface area contributed by atoms with E-state index in [1.807, 2.05) is 6.07 Å². The summed E-state index contributed by atoms with van der Waals surface area (Å²) in [6, 6.07) is 5.13. The molecule has 2 aliphatic rings. The topological polar surface area (TPSA) is 129 Å². The maximum Gasteiger partial charge on any atom is 0.322 e. The number of imide groups is 1. The quantitative estimate of drug-likeness (QED) is 0.545. The molecular formula is C16H18N4O5S. The second-order valence-corrected chi connectivity index (χ2v) is 8.23. The summed E-state index contributed by atoms with van der Waals surface area (Å²) in [6.07, 6.45) is 1.42. The molecule has 1 heterocycles. The first-order valence-electron chi connectivity index (χ1n) is 7.95. The molecule has 1 saturated carbocycles. The fourth-order valence-electron chi connectivity index (χ4n) is 2.95. The average Bonchev–Trinajstić information content (AvgIpc) is 3.39. The van der Waals surface area contributed by atoms with Gasteiger partial charge in [0.05, 0.1) is 18.1 Å². The molecule has 0 aromatic heterocycles. The number of carbonyl (C=O) groups excluding carboxylic acids is 2. The Kier molecular flexibility index (Phi) is 4.37. The average molecular weight is 378 g/mol. The third-order valence-corrected chi connectivity index (χ3v) is 6.44. The predicted molar refractivity (Wildman–Crippen MR) is 89.5 cm³/mol. The molecular weight excluding hydrogens is 360 g/mol. The number of nitrogens with zero attached hydrogens (tertiary/aromatic N) is 2. The summed E-state index contributed by atoms with van der Waals surface area (Å²) in [5.74, 6) is -0.339. The highest BCUT2D eigenvalue weighted by Crippen LogP contribution is 2.37. The van der Waals surface area contributed by atoms with Crippen molar-refractivity contribution in [1.29, 1.82) is 5.26 Å². The Morgan fingerprint density at radius 2 is 2.08 bits per heavy atom. The van der Waals surface area contributed by atoms with Crippen LogP contribution in [0.1, 0.15) is 25.3 Å². The van der Waals surface area contributed by atoms with Gasteiger partial charge in [-0.05, 0) is 38.0 Å². The van der Waals surface area contributed by atoms with Gasteiger partial charge in [0.2, 0.25) is 10.0 Å². The van der Waals surface area contributed by atoms with Gasteiger partial charge in [-0.3, -0.25) is 10.1 Å². The number of sulfonamides is 1. The van der Waals surface area contributed by atoms with Crippen molar-refractivity contribution in [3.63, 3.8) is 0 Å². The molecule has 10 heteroatoms. The Balaban J connectivity index is 2.10. The van der Waals surface area contributed by atoms with Crippen LogP contribution in [0, 0.1) is 11.3 Å². The molecule has 138 valence electrons. The lowest BCUT2D eigenvalue weighted by molar-refractivity contribution is -0.123. The van der Waals surface area contributed by atoms with Crippen LogP contribution in [0.15, 0.2) is 23.1 Å². The van der Waals surface area contributed by atoms with Crippen LogP contribution in [-0.4, -0.2) is 44.4 Å². The first-order chi connectivity index (χ1) is 12.2. The van der Waals surface area contributed by atoms with E-state index in [-0.39, 0.29) is 28.8 Å². The van der Waals surface area contributed by atoms with E-state index in [0.29, 0.717) is 12.8 Å². The number of urea groups is 1. The third kappa shape index (κ3) is 2.89. The Morgan fingerprint density at radius 3 is 2.58 bits per heavy atom. The van der Waals surface area contributed by atoms with Crippen LogP contribution in [0.3, 0.4) is 0 Å². The van der Waals surface area contributed by atoms with E-state index in [1.54, 1.807) is 0 Å². The number of nitriles is 1. The number of methoxy groups -OCH3 is 1. The Bertz CT molecular complexity index is 919. The number of ether oxygens (including phenoxy) is 1. The number of carbonyl (C=O) groups is 2. The van der Waals surface area contributed by atoms with Crippen molar-refractivity contribution in [2.75, 3.05) is 13.7 Å². The van der Waals surface area contributed by atoms with E-state index in [0.717, 1.165) is 4.31 Å². The minimum Gasteiger partial charge on any atom is -0.496 e. The summed E-state index contributed by atoms with van der Waals surface area (Å²) in [5, 5.41) is 13.6.